The third kappa shape index (κ3) is 3.47. The van der Waals surface area contributed by atoms with Gasteiger partial charge in [0.2, 0.25) is 0 Å². The molecule has 1 aliphatic rings. The molecule has 7 heteroatoms. The number of nitrogens with one attached hydrogen (secondary N) is 2. The molecule has 0 fully saturated rings. The normalized spacial score (nSPS) is 18.5. The van der Waals surface area contributed by atoms with E-state index in [1.807, 2.05) is 25.1 Å². The average molecular weight is 409 g/mol. The quantitative estimate of drug-likeness (QED) is 0.793. The maximum Gasteiger partial charge on any atom is 0.319 e. The van der Waals surface area contributed by atoms with Crippen molar-refractivity contribution in [2.24, 2.45) is 0 Å². The summed E-state index contributed by atoms with van der Waals surface area (Å²) < 4.78 is 25.2. The van der Waals surface area contributed by atoms with Crippen LogP contribution in [-0.2, 0) is 9.84 Å². The number of halogens is 1. The second-order valence-corrected chi connectivity index (χ2v) is 8.75. The number of sulfone groups is 1. The molecule has 5 nitrogen and oxygen atoms in total. The van der Waals surface area contributed by atoms with Gasteiger partial charge < -0.3 is 10.6 Å². The van der Waals surface area contributed by atoms with Gasteiger partial charge in [0.1, 0.15) is 0 Å². The number of anilines is 1. The summed E-state index contributed by atoms with van der Waals surface area (Å²) in [7, 11) is -3.26. The number of hydrogen-bond acceptors (Lipinski definition) is 3. The minimum absolute atomic E-state index is 0.0340. The minimum Gasteiger partial charge on any atom is -0.331 e. The first-order chi connectivity index (χ1) is 11.4. The number of carbonyl (C=O) groups excluding carboxylic acids is 1. The van der Waals surface area contributed by atoms with E-state index >= 15 is 0 Å². The van der Waals surface area contributed by atoms with E-state index in [1.54, 1.807) is 24.3 Å². The lowest BCUT2D eigenvalue weighted by Gasteiger charge is -2.26. The Morgan fingerprint density at radius 3 is 2.71 bits per heavy atom. The highest BCUT2D eigenvalue weighted by molar-refractivity contribution is 9.10. The molecule has 0 saturated heterocycles. The van der Waals surface area contributed by atoms with Gasteiger partial charge in [-0.1, -0.05) is 34.1 Å². The molecule has 3 rings (SSSR count). The molecule has 0 spiro atoms. The zero-order valence-corrected chi connectivity index (χ0v) is 15.4. The summed E-state index contributed by atoms with van der Waals surface area (Å²) in [5.41, 5.74) is 2.30. The molecule has 2 aromatic carbocycles. The zero-order valence-electron chi connectivity index (χ0n) is 13.0. The average Bonchev–Trinajstić information content (AvgIpc) is 2.53. The third-order valence-electron chi connectivity index (χ3n) is 4.05. The number of carbonyl (C=O) groups is 1. The Labute approximate surface area is 149 Å². The van der Waals surface area contributed by atoms with Gasteiger partial charge in [-0.05, 0) is 48.7 Å². The Morgan fingerprint density at radius 1 is 1.21 bits per heavy atom. The maximum atomic E-state index is 12.3. The Balaban J connectivity index is 1.78. The van der Waals surface area contributed by atoms with Crippen LogP contribution in [0.5, 0.6) is 0 Å². The summed E-state index contributed by atoms with van der Waals surface area (Å²) in [5.74, 6) is 0.0340. The van der Waals surface area contributed by atoms with Crippen molar-refractivity contribution < 1.29 is 13.2 Å². The van der Waals surface area contributed by atoms with Crippen LogP contribution in [0.4, 0.5) is 10.5 Å². The summed E-state index contributed by atoms with van der Waals surface area (Å²) in [4.78, 5) is 12.6. The highest BCUT2D eigenvalue weighted by Crippen LogP contribution is 2.32. The molecule has 2 aromatic rings. The molecule has 0 aliphatic carbocycles. The van der Waals surface area contributed by atoms with E-state index in [0.29, 0.717) is 22.6 Å². The van der Waals surface area contributed by atoms with Gasteiger partial charge in [-0.15, -0.1) is 0 Å². The number of urea groups is 1. The third-order valence-corrected chi connectivity index (χ3v) is 6.36. The fourth-order valence-electron chi connectivity index (χ4n) is 2.82. The number of fused-ring (bicyclic) bond motifs is 1. The van der Waals surface area contributed by atoms with E-state index in [-0.39, 0.29) is 17.8 Å². The first-order valence-electron chi connectivity index (χ1n) is 7.52. The van der Waals surface area contributed by atoms with E-state index in [4.69, 9.17) is 0 Å². The topological polar surface area (TPSA) is 75.3 Å². The van der Waals surface area contributed by atoms with Crippen molar-refractivity contribution in [3.05, 3.63) is 58.1 Å². The standard InChI is InChI=1S/C17H17BrN2O3S/c1-11-10-12(18)6-7-14(11)19-17(21)20-15-8-9-24(22,23)16-5-3-2-4-13(15)16/h2-7,10,15H,8-9H2,1H3,(H2,19,20,21). The lowest BCUT2D eigenvalue weighted by Crippen LogP contribution is -2.36. The molecule has 1 atom stereocenters. The van der Waals surface area contributed by atoms with E-state index in [9.17, 15) is 13.2 Å². The highest BCUT2D eigenvalue weighted by Gasteiger charge is 2.30. The minimum atomic E-state index is -3.26. The zero-order chi connectivity index (χ0) is 17.3. The Hall–Kier alpha value is -1.86. The Kier molecular flexibility index (Phi) is 4.64. The molecular weight excluding hydrogens is 392 g/mol. The van der Waals surface area contributed by atoms with Crippen LogP contribution in [0, 0.1) is 6.92 Å². The highest BCUT2D eigenvalue weighted by atomic mass is 79.9. The Morgan fingerprint density at radius 2 is 1.96 bits per heavy atom. The summed E-state index contributed by atoms with van der Waals surface area (Å²) in [6.45, 7) is 1.91. The molecule has 2 N–H and O–H groups in total. The molecule has 1 heterocycles. The van der Waals surface area contributed by atoms with Crippen molar-refractivity contribution in [3.8, 4) is 0 Å². The van der Waals surface area contributed by atoms with Gasteiger partial charge in [0.05, 0.1) is 16.7 Å². The van der Waals surface area contributed by atoms with Crippen LogP contribution in [0.15, 0.2) is 51.8 Å². The van der Waals surface area contributed by atoms with Gasteiger partial charge in [0, 0.05) is 10.2 Å². The molecular formula is C17H17BrN2O3S. The van der Waals surface area contributed by atoms with Crippen LogP contribution in [-0.4, -0.2) is 20.2 Å². The summed E-state index contributed by atoms with van der Waals surface area (Å²) in [6, 6.07) is 11.7. The van der Waals surface area contributed by atoms with E-state index < -0.39 is 9.84 Å². The van der Waals surface area contributed by atoms with Gasteiger partial charge in [0.15, 0.2) is 9.84 Å². The van der Waals surface area contributed by atoms with E-state index in [0.717, 1.165) is 10.0 Å². The van der Waals surface area contributed by atoms with Gasteiger partial charge >= 0.3 is 6.03 Å². The van der Waals surface area contributed by atoms with Crippen molar-refractivity contribution in [2.75, 3.05) is 11.1 Å². The second-order valence-electron chi connectivity index (χ2n) is 5.76. The predicted octanol–water partition coefficient (Wildman–Crippen LogP) is 3.80. The Bertz CT molecular complexity index is 896. The molecule has 126 valence electrons. The summed E-state index contributed by atoms with van der Waals surface area (Å²) >= 11 is 3.39. The molecule has 0 saturated carbocycles. The molecule has 1 unspecified atom stereocenters. The molecule has 0 aromatic heterocycles. The first-order valence-corrected chi connectivity index (χ1v) is 9.97. The van der Waals surface area contributed by atoms with E-state index in [2.05, 4.69) is 26.6 Å². The van der Waals surface area contributed by atoms with Crippen molar-refractivity contribution in [1.29, 1.82) is 0 Å². The molecule has 0 bridgehead atoms. The molecule has 0 radical (unpaired) electrons. The number of hydrogen-bond donors (Lipinski definition) is 2. The van der Waals surface area contributed by atoms with Crippen LogP contribution < -0.4 is 10.6 Å². The molecule has 2 amide bonds. The van der Waals surface area contributed by atoms with Crippen molar-refractivity contribution >= 4 is 37.5 Å². The van der Waals surface area contributed by atoms with Crippen molar-refractivity contribution in [1.82, 2.24) is 5.32 Å². The van der Waals surface area contributed by atoms with Crippen LogP contribution in [0.1, 0.15) is 23.6 Å². The van der Waals surface area contributed by atoms with Crippen molar-refractivity contribution in [3.63, 3.8) is 0 Å². The van der Waals surface area contributed by atoms with Gasteiger partial charge in [-0.2, -0.15) is 0 Å². The first kappa shape index (κ1) is 17.0. The predicted molar refractivity (Wildman–Crippen MR) is 96.9 cm³/mol. The van der Waals surface area contributed by atoms with Gasteiger partial charge in [-0.25, -0.2) is 13.2 Å². The van der Waals surface area contributed by atoms with Crippen molar-refractivity contribution in [2.45, 2.75) is 24.3 Å². The van der Waals surface area contributed by atoms with Crippen LogP contribution in [0.3, 0.4) is 0 Å². The van der Waals surface area contributed by atoms with Crippen LogP contribution in [0.25, 0.3) is 0 Å². The lowest BCUT2D eigenvalue weighted by atomic mass is 10.0. The van der Waals surface area contributed by atoms with Gasteiger partial charge in [-0.3, -0.25) is 0 Å². The summed E-state index contributed by atoms with van der Waals surface area (Å²) in [5, 5.41) is 5.69. The smallest absolute Gasteiger partial charge is 0.319 e. The van der Waals surface area contributed by atoms with Crippen LogP contribution in [0.2, 0.25) is 0 Å². The number of benzene rings is 2. The fraction of sp³-hybridized carbons (Fsp3) is 0.235. The number of amides is 2. The number of rotatable bonds is 2. The molecule has 1 aliphatic heterocycles. The number of aryl methyl sites for hydroxylation is 1. The SMILES string of the molecule is Cc1cc(Br)ccc1NC(=O)NC1CCS(=O)(=O)c2ccccc21. The van der Waals surface area contributed by atoms with Crippen LogP contribution >= 0.6 is 15.9 Å². The lowest BCUT2D eigenvalue weighted by molar-refractivity contribution is 0.248. The maximum absolute atomic E-state index is 12.3. The second kappa shape index (κ2) is 6.57. The van der Waals surface area contributed by atoms with E-state index in [1.165, 1.54) is 0 Å². The fourth-order valence-corrected chi connectivity index (χ4v) is 4.92. The summed E-state index contributed by atoms with van der Waals surface area (Å²) in [6.07, 6.45) is 0.367. The van der Waals surface area contributed by atoms with Gasteiger partial charge in [0.25, 0.3) is 0 Å². The monoisotopic (exact) mass is 408 g/mol. The molecule has 24 heavy (non-hydrogen) atoms. The largest absolute Gasteiger partial charge is 0.331 e.